The number of pyridine rings is 1. The Bertz CT molecular complexity index is 754. The Labute approximate surface area is 126 Å². The van der Waals surface area contributed by atoms with Crippen molar-refractivity contribution in [2.24, 2.45) is 0 Å². The zero-order valence-electron chi connectivity index (χ0n) is 10.7. The molecule has 0 aliphatic heterocycles. The van der Waals surface area contributed by atoms with Crippen molar-refractivity contribution >= 4 is 34.2 Å². The third kappa shape index (κ3) is 2.29. The summed E-state index contributed by atoms with van der Waals surface area (Å²) in [5.74, 6) is 0.767. The van der Waals surface area contributed by atoms with E-state index >= 15 is 0 Å². The Morgan fingerprint density at radius 3 is 2.75 bits per heavy atom. The van der Waals surface area contributed by atoms with E-state index in [1.807, 2.05) is 37.4 Å². The van der Waals surface area contributed by atoms with E-state index in [0.717, 1.165) is 16.7 Å². The largest absolute Gasteiger partial charge is 0.457 e. The van der Waals surface area contributed by atoms with Crippen LogP contribution >= 0.6 is 23.2 Å². The molecule has 1 N–H and O–H groups in total. The number of rotatable bonds is 3. The lowest BCUT2D eigenvalue weighted by Crippen LogP contribution is -2.17. The fraction of sp³-hybridized carbons (Fsp3) is 0.133. The van der Waals surface area contributed by atoms with Crippen LogP contribution < -0.4 is 5.32 Å². The predicted octanol–water partition coefficient (Wildman–Crippen LogP) is 4.44. The molecule has 20 heavy (non-hydrogen) atoms. The molecule has 1 unspecified atom stereocenters. The summed E-state index contributed by atoms with van der Waals surface area (Å²) in [4.78, 5) is 4.00. The van der Waals surface area contributed by atoms with Gasteiger partial charge in [-0.15, -0.1) is 0 Å². The van der Waals surface area contributed by atoms with E-state index in [4.69, 9.17) is 27.6 Å². The van der Waals surface area contributed by atoms with Gasteiger partial charge in [-0.3, -0.25) is 4.98 Å². The molecule has 0 saturated carbocycles. The van der Waals surface area contributed by atoms with Crippen LogP contribution in [0.4, 0.5) is 0 Å². The average Bonchev–Trinajstić information content (AvgIpc) is 2.87. The average molecular weight is 307 g/mol. The van der Waals surface area contributed by atoms with Crippen molar-refractivity contribution in [2.45, 2.75) is 6.04 Å². The number of halogens is 2. The third-order valence-corrected chi connectivity index (χ3v) is 3.82. The van der Waals surface area contributed by atoms with Gasteiger partial charge in [0.05, 0.1) is 16.1 Å². The zero-order chi connectivity index (χ0) is 14.1. The number of fused-ring (bicyclic) bond motifs is 1. The highest BCUT2D eigenvalue weighted by molar-refractivity contribution is 6.34. The van der Waals surface area contributed by atoms with E-state index < -0.39 is 0 Å². The minimum Gasteiger partial charge on any atom is -0.457 e. The molecule has 0 bridgehead atoms. The Hall–Kier alpha value is -1.55. The smallest absolute Gasteiger partial charge is 0.152 e. The van der Waals surface area contributed by atoms with Crippen LogP contribution in [0, 0.1) is 0 Å². The highest BCUT2D eigenvalue weighted by Crippen LogP contribution is 2.33. The van der Waals surface area contributed by atoms with Crippen molar-refractivity contribution in [3.8, 4) is 0 Å². The molecule has 1 atom stereocenters. The van der Waals surface area contributed by atoms with Gasteiger partial charge in [0.1, 0.15) is 5.76 Å². The molecule has 0 aliphatic rings. The Kier molecular flexibility index (Phi) is 3.66. The number of furan rings is 1. The van der Waals surface area contributed by atoms with Crippen LogP contribution in [0.3, 0.4) is 0 Å². The summed E-state index contributed by atoms with van der Waals surface area (Å²) >= 11 is 12.4. The first kappa shape index (κ1) is 13.4. The van der Waals surface area contributed by atoms with Gasteiger partial charge in [-0.1, -0.05) is 35.3 Å². The Morgan fingerprint density at radius 1 is 1.20 bits per heavy atom. The Balaban J connectivity index is 2.12. The summed E-state index contributed by atoms with van der Waals surface area (Å²) in [5, 5.41) is 5.37. The minimum absolute atomic E-state index is 0.144. The number of aromatic nitrogens is 1. The lowest BCUT2D eigenvalue weighted by Gasteiger charge is -2.14. The molecule has 3 nitrogen and oxygen atoms in total. The number of benzene rings is 1. The number of nitrogens with one attached hydrogen (secondary N) is 1. The molecule has 3 rings (SSSR count). The highest BCUT2D eigenvalue weighted by Gasteiger charge is 2.20. The molecule has 0 amide bonds. The van der Waals surface area contributed by atoms with Crippen LogP contribution in [-0.2, 0) is 0 Å². The van der Waals surface area contributed by atoms with Crippen molar-refractivity contribution < 1.29 is 4.42 Å². The van der Waals surface area contributed by atoms with Gasteiger partial charge in [0.15, 0.2) is 5.58 Å². The van der Waals surface area contributed by atoms with Gasteiger partial charge in [-0.2, -0.15) is 0 Å². The molecule has 5 heteroatoms. The molecule has 0 radical (unpaired) electrons. The second kappa shape index (κ2) is 5.44. The fourth-order valence-electron chi connectivity index (χ4n) is 2.26. The van der Waals surface area contributed by atoms with Crippen LogP contribution in [0.25, 0.3) is 11.0 Å². The summed E-state index contributed by atoms with van der Waals surface area (Å²) in [6, 6.07) is 9.38. The lowest BCUT2D eigenvalue weighted by molar-refractivity contribution is 0.491. The summed E-state index contributed by atoms with van der Waals surface area (Å²) in [5.41, 5.74) is 1.61. The first-order chi connectivity index (χ1) is 9.70. The summed E-state index contributed by atoms with van der Waals surface area (Å²) in [6.45, 7) is 0. The van der Waals surface area contributed by atoms with Gasteiger partial charge < -0.3 is 9.73 Å². The minimum atomic E-state index is -0.144. The van der Waals surface area contributed by atoms with Crippen molar-refractivity contribution in [2.75, 3.05) is 7.05 Å². The van der Waals surface area contributed by atoms with E-state index in [9.17, 15) is 0 Å². The molecular formula is C15H12Cl2N2O. The van der Waals surface area contributed by atoms with Gasteiger partial charge in [0.2, 0.25) is 0 Å². The second-order valence-electron chi connectivity index (χ2n) is 4.43. The molecule has 2 heterocycles. The van der Waals surface area contributed by atoms with E-state index in [1.54, 1.807) is 12.4 Å². The third-order valence-electron chi connectivity index (χ3n) is 3.20. The normalized spacial score (nSPS) is 12.8. The zero-order valence-corrected chi connectivity index (χ0v) is 12.2. The first-order valence-corrected chi connectivity index (χ1v) is 6.91. The fourth-order valence-corrected chi connectivity index (χ4v) is 2.71. The van der Waals surface area contributed by atoms with Crippen LogP contribution in [-0.4, -0.2) is 12.0 Å². The van der Waals surface area contributed by atoms with Gasteiger partial charge >= 0.3 is 0 Å². The molecule has 1 aromatic carbocycles. The monoisotopic (exact) mass is 306 g/mol. The van der Waals surface area contributed by atoms with Crippen LogP contribution in [0.2, 0.25) is 10.0 Å². The number of para-hydroxylation sites is 1. The maximum Gasteiger partial charge on any atom is 0.152 e. The van der Waals surface area contributed by atoms with Crippen molar-refractivity contribution in [1.82, 2.24) is 10.3 Å². The summed E-state index contributed by atoms with van der Waals surface area (Å²) in [7, 11) is 1.86. The first-order valence-electron chi connectivity index (χ1n) is 6.15. The molecule has 0 fully saturated rings. The molecular weight excluding hydrogens is 295 g/mol. The molecule has 102 valence electrons. The van der Waals surface area contributed by atoms with Gasteiger partial charge in [-0.25, -0.2) is 0 Å². The van der Waals surface area contributed by atoms with Crippen molar-refractivity contribution in [3.05, 3.63) is 64.1 Å². The van der Waals surface area contributed by atoms with Gasteiger partial charge in [0.25, 0.3) is 0 Å². The number of hydrogen-bond donors (Lipinski definition) is 1. The molecule has 0 saturated heterocycles. The van der Waals surface area contributed by atoms with Crippen LogP contribution in [0.1, 0.15) is 17.4 Å². The molecule has 0 aliphatic carbocycles. The number of hydrogen-bond acceptors (Lipinski definition) is 3. The maximum absolute atomic E-state index is 6.21. The summed E-state index contributed by atoms with van der Waals surface area (Å²) in [6.07, 6.45) is 3.33. The predicted molar refractivity (Wildman–Crippen MR) is 81.4 cm³/mol. The quantitative estimate of drug-likeness (QED) is 0.777. The van der Waals surface area contributed by atoms with E-state index in [0.29, 0.717) is 15.6 Å². The number of nitrogens with zero attached hydrogens (tertiary/aromatic N) is 1. The van der Waals surface area contributed by atoms with Crippen LogP contribution in [0.15, 0.2) is 47.1 Å². The SMILES string of the molecule is CNC(c1cc2cccc(Cl)c2o1)c1ccncc1Cl. The molecule has 3 aromatic rings. The van der Waals surface area contributed by atoms with Crippen LogP contribution in [0.5, 0.6) is 0 Å². The maximum atomic E-state index is 6.21. The van der Waals surface area contributed by atoms with Gasteiger partial charge in [0, 0.05) is 17.8 Å². The van der Waals surface area contributed by atoms with E-state index in [-0.39, 0.29) is 6.04 Å². The van der Waals surface area contributed by atoms with E-state index in [2.05, 4.69) is 10.3 Å². The lowest BCUT2D eigenvalue weighted by atomic mass is 10.1. The second-order valence-corrected chi connectivity index (χ2v) is 5.24. The molecule has 2 aromatic heterocycles. The summed E-state index contributed by atoms with van der Waals surface area (Å²) < 4.78 is 5.89. The van der Waals surface area contributed by atoms with Gasteiger partial charge in [-0.05, 0) is 30.8 Å². The topological polar surface area (TPSA) is 38.1 Å². The Morgan fingerprint density at radius 2 is 2.05 bits per heavy atom. The van der Waals surface area contributed by atoms with Crippen molar-refractivity contribution in [3.63, 3.8) is 0 Å². The van der Waals surface area contributed by atoms with Crippen molar-refractivity contribution in [1.29, 1.82) is 0 Å². The van der Waals surface area contributed by atoms with E-state index in [1.165, 1.54) is 0 Å². The molecule has 0 spiro atoms. The standard InChI is InChI=1S/C15H12Cl2N2O/c1-18-14(10-5-6-19-8-12(10)17)13-7-9-3-2-4-11(16)15(9)20-13/h2-8,14,18H,1H3. The highest BCUT2D eigenvalue weighted by atomic mass is 35.5.